The van der Waals surface area contributed by atoms with E-state index in [1.54, 1.807) is 13.8 Å². The van der Waals surface area contributed by atoms with Crippen LogP contribution in [0.1, 0.15) is 53.4 Å². The second-order valence-corrected chi connectivity index (χ2v) is 10.7. The Bertz CT molecular complexity index is 1280. The predicted molar refractivity (Wildman–Crippen MR) is 147 cm³/mol. The van der Waals surface area contributed by atoms with Crippen molar-refractivity contribution in [2.75, 3.05) is 19.6 Å². The van der Waals surface area contributed by atoms with Crippen LogP contribution in [0.4, 0.5) is 0 Å². The van der Waals surface area contributed by atoms with E-state index in [1.165, 1.54) is 6.20 Å². The fourth-order valence-electron chi connectivity index (χ4n) is 5.61. The van der Waals surface area contributed by atoms with Crippen molar-refractivity contribution in [3.05, 3.63) is 82.1 Å². The predicted octanol–water partition coefficient (Wildman–Crippen LogP) is 5.60. The summed E-state index contributed by atoms with van der Waals surface area (Å²) in [6.45, 7) is 8.08. The number of fused-ring (bicyclic) bond motifs is 1. The first kappa shape index (κ1) is 26.3. The van der Waals surface area contributed by atoms with Gasteiger partial charge in [-0.3, -0.25) is 9.78 Å². The van der Waals surface area contributed by atoms with Gasteiger partial charge in [0, 0.05) is 34.7 Å². The number of nitrogens with zero attached hydrogens (tertiary/aromatic N) is 2. The zero-order valence-electron chi connectivity index (χ0n) is 22.0. The molecule has 2 N–H and O–H groups in total. The summed E-state index contributed by atoms with van der Waals surface area (Å²) in [5.74, 6) is 0.662. The molecule has 8 heteroatoms. The van der Waals surface area contributed by atoms with Gasteiger partial charge in [0.1, 0.15) is 5.75 Å². The minimum Gasteiger partial charge on any atom is -0.506 e. The summed E-state index contributed by atoms with van der Waals surface area (Å²) in [6.07, 6.45) is 4.04. The number of nitrogens with one attached hydrogen (secondary N) is 1. The molecular weight excluding hydrogens is 502 g/mol. The van der Waals surface area contributed by atoms with E-state index in [-0.39, 0.29) is 17.6 Å². The van der Waals surface area contributed by atoms with Crippen molar-refractivity contribution in [1.82, 2.24) is 15.2 Å². The number of aromatic hydroxyl groups is 1. The standard InChI is InChI=1S/C30H34ClN3O4/c1-19(12-15-32-29(36)28-20(2)25(35)18-33-21(28)3)34-16-13-23(14-17-34)30(22-8-10-24(31)11-9-22)37-26-6-4-5-7-27(26)38-30/h4-11,18-19,23,35H,12-17H2,1-3H3,(H,32,36). The number of amides is 1. The molecule has 0 spiro atoms. The zero-order chi connectivity index (χ0) is 26.9. The van der Waals surface area contributed by atoms with E-state index >= 15 is 0 Å². The lowest BCUT2D eigenvalue weighted by atomic mass is 9.83. The topological polar surface area (TPSA) is 83.9 Å². The molecule has 0 aliphatic carbocycles. The van der Waals surface area contributed by atoms with Crippen molar-refractivity contribution in [3.8, 4) is 17.2 Å². The summed E-state index contributed by atoms with van der Waals surface area (Å²) in [4.78, 5) is 19.3. The minimum absolute atomic E-state index is 0.0340. The number of halogens is 1. The third-order valence-electron chi connectivity index (χ3n) is 7.89. The van der Waals surface area contributed by atoms with E-state index in [4.69, 9.17) is 21.1 Å². The van der Waals surface area contributed by atoms with E-state index in [1.807, 2.05) is 48.5 Å². The lowest BCUT2D eigenvalue weighted by molar-refractivity contribution is -0.149. The Labute approximate surface area is 228 Å². The molecule has 1 atom stereocenters. The number of hydrogen-bond donors (Lipinski definition) is 2. The van der Waals surface area contributed by atoms with Gasteiger partial charge < -0.3 is 24.8 Å². The molecule has 2 aliphatic rings. The quantitative estimate of drug-likeness (QED) is 0.409. The van der Waals surface area contributed by atoms with Crippen LogP contribution in [0.15, 0.2) is 54.7 Å². The van der Waals surface area contributed by atoms with Crippen LogP contribution in [0.5, 0.6) is 17.2 Å². The molecule has 0 saturated carbocycles. The lowest BCUT2D eigenvalue weighted by Gasteiger charge is -2.42. The van der Waals surface area contributed by atoms with E-state index in [2.05, 4.69) is 22.1 Å². The lowest BCUT2D eigenvalue weighted by Crippen LogP contribution is -2.50. The summed E-state index contributed by atoms with van der Waals surface area (Å²) >= 11 is 6.18. The first-order valence-electron chi connectivity index (χ1n) is 13.2. The van der Waals surface area contributed by atoms with Gasteiger partial charge in [-0.1, -0.05) is 23.7 Å². The van der Waals surface area contributed by atoms with Crippen LogP contribution in [-0.2, 0) is 5.79 Å². The van der Waals surface area contributed by atoms with Crippen LogP contribution in [0.3, 0.4) is 0 Å². The maximum Gasteiger partial charge on any atom is 0.281 e. The molecule has 1 aromatic heterocycles. The fraction of sp³-hybridized carbons (Fsp3) is 0.400. The van der Waals surface area contributed by atoms with E-state index in [0.29, 0.717) is 34.4 Å². The second-order valence-electron chi connectivity index (χ2n) is 10.3. The van der Waals surface area contributed by atoms with Gasteiger partial charge >= 0.3 is 0 Å². The summed E-state index contributed by atoms with van der Waals surface area (Å²) in [6, 6.07) is 15.9. The highest BCUT2D eigenvalue weighted by Gasteiger charge is 2.51. The number of para-hydroxylation sites is 2. The summed E-state index contributed by atoms with van der Waals surface area (Å²) in [5, 5.41) is 13.6. The highest BCUT2D eigenvalue weighted by molar-refractivity contribution is 6.30. The van der Waals surface area contributed by atoms with Crippen molar-refractivity contribution < 1.29 is 19.4 Å². The number of rotatable bonds is 7. The number of benzene rings is 2. The molecule has 2 aromatic carbocycles. The molecule has 1 fully saturated rings. The minimum atomic E-state index is -0.872. The Morgan fingerprint density at radius 2 is 1.76 bits per heavy atom. The van der Waals surface area contributed by atoms with Gasteiger partial charge in [0.2, 0.25) is 0 Å². The Balaban J connectivity index is 1.20. The maximum absolute atomic E-state index is 12.8. The molecule has 5 rings (SSSR count). The third-order valence-corrected chi connectivity index (χ3v) is 8.14. The van der Waals surface area contributed by atoms with Crippen molar-refractivity contribution in [3.63, 3.8) is 0 Å². The summed E-state index contributed by atoms with van der Waals surface area (Å²) in [5.41, 5.74) is 2.59. The Hall–Kier alpha value is -3.29. The molecule has 3 aromatic rings. The van der Waals surface area contributed by atoms with Crippen LogP contribution in [0.2, 0.25) is 5.02 Å². The normalized spacial score (nSPS) is 17.8. The Kier molecular flexibility index (Phi) is 7.50. The Morgan fingerprint density at radius 3 is 2.39 bits per heavy atom. The number of ether oxygens (including phenoxy) is 2. The number of pyridine rings is 1. The highest BCUT2D eigenvalue weighted by atomic mass is 35.5. The average molecular weight is 536 g/mol. The second kappa shape index (κ2) is 10.8. The fourth-order valence-corrected chi connectivity index (χ4v) is 5.73. The molecule has 1 unspecified atom stereocenters. The summed E-state index contributed by atoms with van der Waals surface area (Å²) < 4.78 is 13.1. The molecule has 3 heterocycles. The number of aromatic nitrogens is 1. The molecule has 1 amide bonds. The number of carbonyl (C=O) groups is 1. The molecule has 1 saturated heterocycles. The van der Waals surface area contributed by atoms with Crippen molar-refractivity contribution in [2.45, 2.75) is 51.9 Å². The number of aryl methyl sites for hydroxylation is 1. The van der Waals surface area contributed by atoms with Gasteiger partial charge in [-0.25, -0.2) is 0 Å². The first-order valence-corrected chi connectivity index (χ1v) is 13.6. The smallest absolute Gasteiger partial charge is 0.281 e. The first-order chi connectivity index (χ1) is 18.3. The number of hydrogen-bond acceptors (Lipinski definition) is 6. The Morgan fingerprint density at radius 1 is 1.13 bits per heavy atom. The number of carbonyl (C=O) groups excluding carboxylic acids is 1. The van der Waals surface area contributed by atoms with Crippen LogP contribution in [0, 0.1) is 19.8 Å². The van der Waals surface area contributed by atoms with Crippen LogP contribution >= 0.6 is 11.6 Å². The van der Waals surface area contributed by atoms with E-state index in [9.17, 15) is 9.90 Å². The largest absolute Gasteiger partial charge is 0.506 e. The molecule has 7 nitrogen and oxygen atoms in total. The monoisotopic (exact) mass is 535 g/mol. The van der Waals surface area contributed by atoms with Crippen molar-refractivity contribution >= 4 is 17.5 Å². The van der Waals surface area contributed by atoms with Gasteiger partial charge in [0.15, 0.2) is 11.5 Å². The van der Waals surface area contributed by atoms with Gasteiger partial charge in [-0.2, -0.15) is 0 Å². The van der Waals surface area contributed by atoms with E-state index < -0.39 is 5.79 Å². The maximum atomic E-state index is 12.8. The SMILES string of the molecule is Cc1ncc(O)c(C)c1C(=O)NCCC(C)N1CCC(C2(c3ccc(Cl)cc3)Oc3ccccc3O2)CC1. The van der Waals surface area contributed by atoms with Crippen molar-refractivity contribution in [2.24, 2.45) is 5.92 Å². The van der Waals surface area contributed by atoms with Gasteiger partial charge in [0.05, 0.1) is 17.5 Å². The van der Waals surface area contributed by atoms with E-state index in [0.717, 1.165) is 49.4 Å². The van der Waals surface area contributed by atoms with Gasteiger partial charge in [-0.15, -0.1) is 0 Å². The molecule has 0 radical (unpaired) electrons. The zero-order valence-corrected chi connectivity index (χ0v) is 22.8. The van der Waals surface area contributed by atoms with Crippen molar-refractivity contribution in [1.29, 1.82) is 0 Å². The number of likely N-dealkylation sites (tertiary alicyclic amines) is 1. The highest BCUT2D eigenvalue weighted by Crippen LogP contribution is 2.50. The van der Waals surface area contributed by atoms with Crippen LogP contribution < -0.4 is 14.8 Å². The van der Waals surface area contributed by atoms with Gasteiger partial charge in [-0.05, 0) is 89.5 Å². The molecule has 38 heavy (non-hydrogen) atoms. The van der Waals surface area contributed by atoms with Crippen LogP contribution in [-0.4, -0.2) is 46.6 Å². The molecule has 2 aliphatic heterocycles. The third kappa shape index (κ3) is 5.05. The summed E-state index contributed by atoms with van der Waals surface area (Å²) in [7, 11) is 0. The van der Waals surface area contributed by atoms with Gasteiger partial charge in [0.25, 0.3) is 11.7 Å². The number of piperidine rings is 1. The average Bonchev–Trinajstić information content (AvgIpc) is 3.32. The molecule has 0 bridgehead atoms. The molecule has 200 valence electrons. The molecular formula is C30H34ClN3O4. The van der Waals surface area contributed by atoms with Crippen LogP contribution in [0.25, 0.3) is 0 Å².